The van der Waals surface area contributed by atoms with Gasteiger partial charge in [0.25, 0.3) is 0 Å². The van der Waals surface area contributed by atoms with Gasteiger partial charge >= 0.3 is 5.97 Å². The molecule has 0 spiro atoms. The van der Waals surface area contributed by atoms with E-state index >= 15 is 0 Å². The Morgan fingerprint density at radius 2 is 2.30 bits per heavy atom. The standard InChI is InChI=1S/C14H17BrO4S/c15-10-5-6-12(14(16)17)13(9-10)20(18)8-2-4-11-3-1-7-19-11/h5-6,9,11H,1-4,7-8H2,(H,16,17). The van der Waals surface area contributed by atoms with E-state index < -0.39 is 16.8 Å². The highest BCUT2D eigenvalue weighted by atomic mass is 79.9. The minimum atomic E-state index is -1.29. The van der Waals surface area contributed by atoms with Crippen LogP contribution in [-0.4, -0.2) is 33.7 Å². The van der Waals surface area contributed by atoms with E-state index in [1.165, 1.54) is 6.07 Å². The summed E-state index contributed by atoms with van der Waals surface area (Å²) in [5.74, 6) is -0.573. The third-order valence-corrected chi connectivity index (χ3v) is 5.28. The average molecular weight is 361 g/mol. The molecule has 2 atom stereocenters. The van der Waals surface area contributed by atoms with E-state index in [1.54, 1.807) is 12.1 Å². The molecule has 1 aliphatic heterocycles. The van der Waals surface area contributed by atoms with Crippen molar-refractivity contribution in [3.05, 3.63) is 28.2 Å². The van der Waals surface area contributed by atoms with Crippen molar-refractivity contribution >= 4 is 32.7 Å². The highest BCUT2D eigenvalue weighted by Gasteiger charge is 2.18. The summed E-state index contributed by atoms with van der Waals surface area (Å²) in [6.07, 6.45) is 4.13. The van der Waals surface area contributed by atoms with Crippen molar-refractivity contribution in [3.63, 3.8) is 0 Å². The van der Waals surface area contributed by atoms with E-state index in [4.69, 9.17) is 9.84 Å². The SMILES string of the molecule is O=C(O)c1ccc(Br)cc1S(=O)CCCC1CCCO1. The van der Waals surface area contributed by atoms with Crippen LogP contribution in [0.1, 0.15) is 36.0 Å². The van der Waals surface area contributed by atoms with Gasteiger partial charge in [-0.25, -0.2) is 4.79 Å². The molecule has 1 aliphatic rings. The second-order valence-corrected chi connectivity index (χ2v) is 7.23. The summed E-state index contributed by atoms with van der Waals surface area (Å²) in [5.41, 5.74) is 0.114. The summed E-state index contributed by atoms with van der Waals surface area (Å²) in [5, 5.41) is 9.13. The number of hydrogen-bond donors (Lipinski definition) is 1. The molecule has 6 heteroatoms. The molecule has 20 heavy (non-hydrogen) atoms. The Morgan fingerprint density at radius 3 is 2.95 bits per heavy atom. The van der Waals surface area contributed by atoms with Crippen LogP contribution >= 0.6 is 15.9 Å². The monoisotopic (exact) mass is 360 g/mol. The molecule has 0 radical (unpaired) electrons. The van der Waals surface area contributed by atoms with Crippen molar-refractivity contribution in [1.29, 1.82) is 0 Å². The largest absolute Gasteiger partial charge is 0.478 e. The van der Waals surface area contributed by atoms with Gasteiger partial charge in [0.05, 0.1) is 27.4 Å². The van der Waals surface area contributed by atoms with Gasteiger partial charge in [0, 0.05) is 16.8 Å². The van der Waals surface area contributed by atoms with E-state index in [9.17, 15) is 9.00 Å². The van der Waals surface area contributed by atoms with Gasteiger partial charge in [-0.2, -0.15) is 0 Å². The lowest BCUT2D eigenvalue weighted by Gasteiger charge is -2.10. The molecule has 1 heterocycles. The number of aromatic carboxylic acids is 1. The Bertz CT molecular complexity index is 512. The number of halogens is 1. The lowest BCUT2D eigenvalue weighted by atomic mass is 10.1. The van der Waals surface area contributed by atoms with Crippen LogP contribution < -0.4 is 0 Å². The summed E-state index contributed by atoms with van der Waals surface area (Å²) < 4.78 is 18.5. The molecule has 4 nitrogen and oxygen atoms in total. The third-order valence-electron chi connectivity index (χ3n) is 3.30. The Hall–Kier alpha value is -0.720. The van der Waals surface area contributed by atoms with Gasteiger partial charge in [0.2, 0.25) is 0 Å². The molecule has 0 saturated carbocycles. The average Bonchev–Trinajstić information content (AvgIpc) is 2.91. The first-order valence-corrected chi connectivity index (χ1v) is 8.72. The lowest BCUT2D eigenvalue weighted by molar-refractivity contribution is 0.0693. The van der Waals surface area contributed by atoms with Crippen LogP contribution in [0, 0.1) is 0 Å². The maximum atomic E-state index is 12.3. The van der Waals surface area contributed by atoms with Crippen molar-refractivity contribution in [3.8, 4) is 0 Å². The highest BCUT2D eigenvalue weighted by molar-refractivity contribution is 9.10. The number of benzene rings is 1. The summed E-state index contributed by atoms with van der Waals surface area (Å²) in [4.78, 5) is 11.5. The van der Waals surface area contributed by atoms with Crippen LogP contribution in [0.15, 0.2) is 27.6 Å². The van der Waals surface area contributed by atoms with E-state index in [-0.39, 0.29) is 11.7 Å². The predicted molar refractivity (Wildman–Crippen MR) is 80.6 cm³/mol. The van der Waals surface area contributed by atoms with E-state index in [0.29, 0.717) is 10.6 Å². The molecule has 1 aromatic rings. The number of ether oxygens (including phenoxy) is 1. The van der Waals surface area contributed by atoms with Crippen molar-refractivity contribution in [2.45, 2.75) is 36.7 Å². The van der Waals surface area contributed by atoms with Crippen LogP contribution in [0.2, 0.25) is 0 Å². The van der Waals surface area contributed by atoms with Gasteiger partial charge < -0.3 is 9.84 Å². The zero-order valence-corrected chi connectivity index (χ0v) is 13.4. The van der Waals surface area contributed by atoms with Crippen LogP contribution in [0.25, 0.3) is 0 Å². The van der Waals surface area contributed by atoms with Crippen LogP contribution in [0.5, 0.6) is 0 Å². The molecule has 1 saturated heterocycles. The molecule has 1 N–H and O–H groups in total. The zero-order chi connectivity index (χ0) is 14.5. The second kappa shape index (κ2) is 7.33. The molecule has 0 aliphatic carbocycles. The molecular weight excluding hydrogens is 344 g/mol. The molecule has 2 rings (SSSR count). The molecule has 0 bridgehead atoms. The van der Waals surface area contributed by atoms with Gasteiger partial charge in [-0.15, -0.1) is 0 Å². The fourth-order valence-corrected chi connectivity index (χ4v) is 4.11. The fourth-order valence-electron chi connectivity index (χ4n) is 2.29. The van der Waals surface area contributed by atoms with Crippen LogP contribution in [0.4, 0.5) is 0 Å². The minimum Gasteiger partial charge on any atom is -0.478 e. The Balaban J connectivity index is 1.97. The zero-order valence-electron chi connectivity index (χ0n) is 11.0. The van der Waals surface area contributed by atoms with E-state index in [1.807, 2.05) is 0 Å². The molecule has 2 unspecified atom stereocenters. The first-order valence-electron chi connectivity index (χ1n) is 6.61. The number of carboxylic acids is 1. The Labute approximate surface area is 129 Å². The fraction of sp³-hybridized carbons (Fsp3) is 0.500. The number of hydrogen-bond acceptors (Lipinski definition) is 3. The van der Waals surface area contributed by atoms with Crippen molar-refractivity contribution in [2.24, 2.45) is 0 Å². The molecule has 1 fully saturated rings. The van der Waals surface area contributed by atoms with E-state index in [2.05, 4.69) is 15.9 Å². The first-order chi connectivity index (χ1) is 9.58. The summed E-state index contributed by atoms with van der Waals surface area (Å²) >= 11 is 3.29. The quantitative estimate of drug-likeness (QED) is 0.845. The smallest absolute Gasteiger partial charge is 0.336 e. The number of carboxylic acid groups (broad SMARTS) is 1. The maximum absolute atomic E-state index is 12.3. The Kier molecular flexibility index (Phi) is 5.74. The van der Waals surface area contributed by atoms with Gasteiger partial charge in [-0.1, -0.05) is 15.9 Å². The van der Waals surface area contributed by atoms with Gasteiger partial charge in [0.15, 0.2) is 0 Å². The molecule has 0 amide bonds. The second-order valence-electron chi connectivity index (χ2n) is 4.77. The number of rotatable bonds is 6. The van der Waals surface area contributed by atoms with Gasteiger partial charge in [-0.3, -0.25) is 4.21 Å². The maximum Gasteiger partial charge on any atom is 0.336 e. The summed E-state index contributed by atoms with van der Waals surface area (Å²) in [7, 11) is -1.29. The molecule has 0 aromatic heterocycles. The van der Waals surface area contributed by atoms with Crippen molar-refractivity contribution in [1.82, 2.24) is 0 Å². The topological polar surface area (TPSA) is 63.6 Å². The third kappa shape index (κ3) is 4.14. The minimum absolute atomic E-state index is 0.114. The Morgan fingerprint density at radius 1 is 1.50 bits per heavy atom. The predicted octanol–water partition coefficient (Wildman–Crippen LogP) is 3.21. The lowest BCUT2D eigenvalue weighted by Crippen LogP contribution is -2.10. The highest BCUT2D eigenvalue weighted by Crippen LogP contribution is 2.22. The van der Waals surface area contributed by atoms with Crippen LogP contribution in [0.3, 0.4) is 0 Å². The van der Waals surface area contributed by atoms with Crippen molar-refractivity contribution in [2.75, 3.05) is 12.4 Å². The molecule has 110 valence electrons. The van der Waals surface area contributed by atoms with E-state index in [0.717, 1.165) is 36.8 Å². The molecular formula is C14H17BrO4S. The summed E-state index contributed by atoms with van der Waals surface area (Å²) in [6.45, 7) is 0.822. The van der Waals surface area contributed by atoms with Gasteiger partial charge in [-0.05, 0) is 43.9 Å². The van der Waals surface area contributed by atoms with Crippen molar-refractivity contribution < 1.29 is 18.8 Å². The summed E-state index contributed by atoms with van der Waals surface area (Å²) in [6, 6.07) is 4.77. The van der Waals surface area contributed by atoms with Gasteiger partial charge in [0.1, 0.15) is 0 Å². The molecule has 1 aromatic carbocycles. The number of carbonyl (C=O) groups is 1. The first kappa shape index (κ1) is 15.7. The normalized spacial score (nSPS) is 19.9. The van der Waals surface area contributed by atoms with Crippen LogP contribution in [-0.2, 0) is 15.5 Å².